The van der Waals surface area contributed by atoms with Crippen molar-refractivity contribution in [3.8, 4) is 28.3 Å². The van der Waals surface area contributed by atoms with Gasteiger partial charge in [0.2, 0.25) is 0 Å². The Morgan fingerprint density at radius 2 is 1.60 bits per heavy atom. The van der Waals surface area contributed by atoms with Gasteiger partial charge in [0.05, 0.1) is 18.0 Å². The van der Waals surface area contributed by atoms with Gasteiger partial charge in [-0.3, -0.25) is 9.48 Å². The lowest BCUT2D eigenvalue weighted by molar-refractivity contribution is 0.112. The van der Waals surface area contributed by atoms with E-state index in [1.165, 1.54) is 0 Å². The molecule has 0 fully saturated rings. The summed E-state index contributed by atoms with van der Waals surface area (Å²) in [4.78, 5) is 10.7. The average molecular weight is 336 g/mol. The van der Waals surface area contributed by atoms with E-state index < -0.39 is 0 Å². The third-order valence-corrected chi connectivity index (χ3v) is 3.68. The fourth-order valence-electron chi connectivity index (χ4n) is 2.50. The molecule has 0 aliphatic heterocycles. The second-order valence-corrected chi connectivity index (χ2v) is 5.24. The van der Waals surface area contributed by atoms with Crippen LogP contribution in [0.2, 0.25) is 0 Å². The zero-order chi connectivity index (χ0) is 18.2. The topological polar surface area (TPSA) is 44.1 Å². The molecule has 0 atom stereocenters. The van der Waals surface area contributed by atoms with Gasteiger partial charge in [0, 0.05) is 23.7 Å². The van der Waals surface area contributed by atoms with Crippen LogP contribution in [0.1, 0.15) is 31.1 Å². The Morgan fingerprint density at radius 1 is 1.00 bits per heavy atom. The minimum absolute atomic E-state index is 0.659. The number of rotatable bonds is 5. The van der Waals surface area contributed by atoms with Crippen LogP contribution in [-0.4, -0.2) is 22.7 Å². The zero-order valence-corrected chi connectivity index (χ0v) is 15.2. The van der Waals surface area contributed by atoms with Gasteiger partial charge in [0.1, 0.15) is 12.0 Å². The van der Waals surface area contributed by atoms with E-state index in [9.17, 15) is 4.79 Å². The van der Waals surface area contributed by atoms with Crippen LogP contribution in [0.15, 0.2) is 54.6 Å². The van der Waals surface area contributed by atoms with Crippen molar-refractivity contribution in [1.29, 1.82) is 0 Å². The van der Waals surface area contributed by atoms with Crippen molar-refractivity contribution in [2.75, 3.05) is 6.61 Å². The number of hydrogen-bond donors (Lipinski definition) is 0. The minimum Gasteiger partial charge on any atom is -0.494 e. The highest BCUT2D eigenvalue weighted by molar-refractivity contribution is 5.77. The Balaban J connectivity index is 0.00000109. The molecule has 2 aromatic carbocycles. The van der Waals surface area contributed by atoms with Gasteiger partial charge in [-0.25, -0.2) is 0 Å². The molecule has 0 aliphatic carbocycles. The van der Waals surface area contributed by atoms with Gasteiger partial charge >= 0.3 is 0 Å². The number of ether oxygens (including phenoxy) is 1. The van der Waals surface area contributed by atoms with Crippen LogP contribution in [-0.2, 0) is 7.05 Å². The normalized spacial score (nSPS) is 9.92. The van der Waals surface area contributed by atoms with Crippen LogP contribution in [0.25, 0.3) is 22.5 Å². The molecule has 0 bridgehead atoms. The summed E-state index contributed by atoms with van der Waals surface area (Å²) in [6.07, 6.45) is 0.841. The van der Waals surface area contributed by atoms with E-state index in [1.807, 2.05) is 75.0 Å². The quantitative estimate of drug-likeness (QED) is 0.616. The third-order valence-electron chi connectivity index (χ3n) is 3.68. The van der Waals surface area contributed by atoms with Gasteiger partial charge in [0.15, 0.2) is 0 Å². The monoisotopic (exact) mass is 336 g/mol. The van der Waals surface area contributed by atoms with Crippen LogP contribution in [0, 0.1) is 0 Å². The summed E-state index contributed by atoms with van der Waals surface area (Å²) >= 11 is 0. The molecule has 0 amide bonds. The van der Waals surface area contributed by atoms with Crippen LogP contribution < -0.4 is 4.74 Å². The van der Waals surface area contributed by atoms with Crippen LogP contribution >= 0.6 is 0 Å². The summed E-state index contributed by atoms with van der Waals surface area (Å²) in [5.74, 6) is 0.864. The van der Waals surface area contributed by atoms with Gasteiger partial charge < -0.3 is 4.74 Å². The lowest BCUT2D eigenvalue weighted by Crippen LogP contribution is -1.94. The molecular weight excluding hydrogens is 312 g/mol. The van der Waals surface area contributed by atoms with E-state index in [-0.39, 0.29) is 0 Å². The van der Waals surface area contributed by atoms with Crippen molar-refractivity contribution < 1.29 is 9.53 Å². The van der Waals surface area contributed by atoms with Gasteiger partial charge in [0.25, 0.3) is 0 Å². The molecule has 3 aromatic rings. The number of aldehydes is 1. The van der Waals surface area contributed by atoms with Gasteiger partial charge in [-0.1, -0.05) is 38.1 Å². The zero-order valence-electron chi connectivity index (χ0n) is 15.2. The van der Waals surface area contributed by atoms with Crippen LogP contribution in [0.5, 0.6) is 5.75 Å². The number of aromatic nitrogens is 2. The van der Waals surface area contributed by atoms with Crippen molar-refractivity contribution in [2.24, 2.45) is 7.05 Å². The molecule has 3 rings (SSSR count). The first-order chi connectivity index (χ1) is 12.2. The summed E-state index contributed by atoms with van der Waals surface area (Å²) < 4.78 is 7.33. The molecule has 25 heavy (non-hydrogen) atoms. The van der Waals surface area contributed by atoms with Gasteiger partial charge in [-0.2, -0.15) is 5.10 Å². The Hall–Kier alpha value is -2.88. The highest BCUT2D eigenvalue weighted by Gasteiger charge is 2.09. The highest BCUT2D eigenvalue weighted by atomic mass is 16.5. The van der Waals surface area contributed by atoms with Crippen molar-refractivity contribution in [1.82, 2.24) is 9.78 Å². The Kier molecular flexibility index (Phi) is 6.52. The first-order valence-electron chi connectivity index (χ1n) is 8.54. The lowest BCUT2D eigenvalue weighted by Gasteiger charge is -2.05. The van der Waals surface area contributed by atoms with Crippen molar-refractivity contribution in [3.05, 3.63) is 60.2 Å². The van der Waals surface area contributed by atoms with Crippen LogP contribution in [0.4, 0.5) is 0 Å². The molecule has 130 valence electrons. The highest BCUT2D eigenvalue weighted by Crippen LogP contribution is 2.27. The average Bonchev–Trinajstić information content (AvgIpc) is 3.06. The standard InChI is InChI=1S/C19H18N2O2.C2H6/c1-3-23-17-10-8-16(9-11-17)19-12-18(20-21(19)2)15-6-4-14(13-22)5-7-15;1-2/h4-13H,3H2,1-2H3;1-2H3. The van der Waals surface area contributed by atoms with E-state index in [4.69, 9.17) is 4.74 Å². The second kappa shape index (κ2) is 8.83. The summed E-state index contributed by atoms with van der Waals surface area (Å²) in [6, 6.07) is 17.5. The SMILES string of the molecule is CC.CCOc1ccc(-c2cc(-c3ccc(C=O)cc3)nn2C)cc1. The first kappa shape index (κ1) is 18.5. The van der Waals surface area contributed by atoms with Gasteiger partial charge in [-0.15, -0.1) is 0 Å². The number of benzene rings is 2. The summed E-state index contributed by atoms with van der Waals surface area (Å²) in [7, 11) is 1.93. The number of aryl methyl sites for hydroxylation is 1. The van der Waals surface area contributed by atoms with E-state index in [0.717, 1.165) is 34.6 Å². The fraction of sp³-hybridized carbons (Fsp3) is 0.238. The Bertz CT molecular complexity index is 803. The maximum Gasteiger partial charge on any atom is 0.150 e. The number of carbonyl (C=O) groups excluding carboxylic acids is 1. The Labute approximate surface area is 149 Å². The van der Waals surface area contributed by atoms with Crippen LogP contribution in [0.3, 0.4) is 0 Å². The van der Waals surface area contributed by atoms with E-state index in [0.29, 0.717) is 12.2 Å². The maximum absolute atomic E-state index is 10.7. The molecule has 0 saturated heterocycles. The molecule has 1 heterocycles. The molecule has 1 aromatic heterocycles. The summed E-state index contributed by atoms with van der Waals surface area (Å²) in [5, 5.41) is 4.57. The minimum atomic E-state index is 0.659. The molecule has 0 N–H and O–H groups in total. The lowest BCUT2D eigenvalue weighted by atomic mass is 10.1. The molecule has 0 spiro atoms. The third kappa shape index (κ3) is 4.35. The van der Waals surface area contributed by atoms with Crippen molar-refractivity contribution in [2.45, 2.75) is 20.8 Å². The largest absolute Gasteiger partial charge is 0.494 e. The molecule has 0 unspecified atom stereocenters. The van der Waals surface area contributed by atoms with Crippen molar-refractivity contribution in [3.63, 3.8) is 0 Å². The summed E-state index contributed by atoms with van der Waals surface area (Å²) in [6.45, 7) is 6.63. The molecule has 4 heteroatoms. The summed E-state index contributed by atoms with van der Waals surface area (Å²) in [5.41, 5.74) is 4.65. The number of carbonyl (C=O) groups is 1. The first-order valence-corrected chi connectivity index (χ1v) is 8.54. The number of nitrogens with zero attached hydrogens (tertiary/aromatic N) is 2. The second-order valence-electron chi connectivity index (χ2n) is 5.24. The smallest absolute Gasteiger partial charge is 0.150 e. The van der Waals surface area contributed by atoms with Crippen molar-refractivity contribution >= 4 is 6.29 Å². The predicted molar refractivity (Wildman–Crippen MR) is 102 cm³/mol. The fourth-order valence-corrected chi connectivity index (χ4v) is 2.50. The number of hydrogen-bond acceptors (Lipinski definition) is 3. The maximum atomic E-state index is 10.7. The predicted octanol–water partition coefficient (Wildman–Crippen LogP) is 4.99. The molecule has 0 saturated carbocycles. The van der Waals surface area contributed by atoms with E-state index in [1.54, 1.807) is 12.1 Å². The molecule has 4 nitrogen and oxygen atoms in total. The molecular formula is C21H24N2O2. The van der Waals surface area contributed by atoms with Gasteiger partial charge in [-0.05, 0) is 37.3 Å². The van der Waals surface area contributed by atoms with E-state index in [2.05, 4.69) is 5.10 Å². The molecule has 0 radical (unpaired) electrons. The van der Waals surface area contributed by atoms with E-state index >= 15 is 0 Å². The molecule has 0 aliphatic rings. The Morgan fingerprint density at radius 3 is 2.16 bits per heavy atom.